The fourth-order valence-electron chi connectivity index (χ4n) is 4.38. The van der Waals surface area contributed by atoms with E-state index >= 15 is 0 Å². The van der Waals surface area contributed by atoms with E-state index in [0.29, 0.717) is 0 Å². The monoisotopic (exact) mass is 649 g/mol. The predicted molar refractivity (Wildman–Crippen MR) is 206 cm³/mol. The van der Waals surface area contributed by atoms with Crippen LogP contribution in [0.1, 0.15) is 51.1 Å². The van der Waals surface area contributed by atoms with Gasteiger partial charge in [-0.3, -0.25) is 0 Å². The molecule has 0 aliphatic rings. The molecule has 1 heterocycles. The number of nitriles is 1. The molecule has 0 saturated carbocycles. The van der Waals surface area contributed by atoms with Crippen LogP contribution in [0.4, 0.5) is 0 Å². The predicted octanol–water partition coefficient (Wildman–Crippen LogP) is 9.50. The Morgan fingerprint density at radius 1 is 1.06 bits per heavy atom. The van der Waals surface area contributed by atoms with Gasteiger partial charge in [0, 0.05) is 25.4 Å². The van der Waals surface area contributed by atoms with Crippen LogP contribution >= 0.6 is 12.0 Å². The van der Waals surface area contributed by atoms with E-state index in [0.717, 1.165) is 60.7 Å². The highest BCUT2D eigenvalue weighted by atomic mass is 32.2. The Morgan fingerprint density at radius 3 is 2.00 bits per heavy atom. The van der Waals surface area contributed by atoms with Crippen molar-refractivity contribution in [2.75, 3.05) is 25.9 Å². The lowest BCUT2D eigenvalue weighted by Gasteiger charge is -2.14. The van der Waals surface area contributed by atoms with Crippen molar-refractivity contribution in [3.8, 4) is 40.9 Å². The first kappa shape index (κ1) is 40.5. The van der Waals surface area contributed by atoms with E-state index in [-0.39, 0.29) is 0 Å². The van der Waals surface area contributed by atoms with Crippen LogP contribution < -0.4 is 11.1 Å². The number of nitrogens with zero attached hydrogens (tertiary/aromatic N) is 3. The first-order chi connectivity index (χ1) is 22.8. The third kappa shape index (κ3) is 13.8. The van der Waals surface area contributed by atoms with E-state index in [2.05, 4.69) is 140 Å². The van der Waals surface area contributed by atoms with E-state index in [1.54, 1.807) is 6.92 Å². The zero-order chi connectivity index (χ0) is 35.0. The highest BCUT2D eigenvalue weighted by Gasteiger charge is 2.16. The number of imidazole rings is 1. The van der Waals surface area contributed by atoms with Crippen LogP contribution in [0.5, 0.6) is 0 Å². The topological polar surface area (TPSA) is 88.9 Å². The van der Waals surface area contributed by atoms with Crippen molar-refractivity contribution >= 4 is 29.2 Å². The Morgan fingerprint density at radius 2 is 1.62 bits per heavy atom. The summed E-state index contributed by atoms with van der Waals surface area (Å²) in [5.41, 5.74) is 15.8. The van der Waals surface area contributed by atoms with Crippen LogP contribution in [0.3, 0.4) is 0 Å². The molecule has 1 aromatic heterocycles. The molecule has 47 heavy (non-hydrogen) atoms. The largest absolute Gasteiger partial charge is 0.352 e. The second-order valence-corrected chi connectivity index (χ2v) is 11.3. The maximum Gasteiger partial charge on any atom is 0.299 e. The number of terminal acetylenes is 1. The van der Waals surface area contributed by atoms with Crippen LogP contribution in [0.25, 0.3) is 39.4 Å². The van der Waals surface area contributed by atoms with Crippen molar-refractivity contribution in [1.82, 2.24) is 14.9 Å². The first-order valence-electron chi connectivity index (χ1n) is 15.8. The molecule has 0 spiro atoms. The lowest BCUT2D eigenvalue weighted by Crippen LogP contribution is -2.17. The van der Waals surface area contributed by atoms with Crippen molar-refractivity contribution in [2.24, 2.45) is 5.73 Å². The minimum Gasteiger partial charge on any atom is -0.352 e. The molecular formula is C40H51N5OS. The number of benzene rings is 3. The van der Waals surface area contributed by atoms with Crippen LogP contribution in [-0.2, 0) is 10.7 Å². The average molecular weight is 650 g/mol. The van der Waals surface area contributed by atoms with Gasteiger partial charge in [0.05, 0.1) is 23.1 Å². The number of rotatable bonds is 11. The molecule has 4 rings (SSSR count). The Balaban J connectivity index is 0.000000666. The van der Waals surface area contributed by atoms with Crippen molar-refractivity contribution in [3.05, 3.63) is 108 Å². The summed E-state index contributed by atoms with van der Waals surface area (Å²) in [7, 11) is 1.88. The molecule has 0 amide bonds. The van der Waals surface area contributed by atoms with E-state index in [9.17, 15) is 0 Å². The molecule has 0 aliphatic carbocycles. The standard InChI is InChI=1S/C31H32N2.C3H10N2.C3H5NOS.C3H4/c1-6-9-10-24(7-2)21-33-30-20-28(26-17-13-23(5)14-18-26)27(19-29(30)32-31(33)8-3)25-15-11-22(4)12-16-25;1-5-3-2-4;1-2-6-5-3-4;1-3-2/h7-20H,3,6,21H2,1-2,4-5H3;5H,2-4H2,1H3;2H2,1H3;1H,2H3/b10-9-,24-7+;;;. The van der Waals surface area contributed by atoms with Gasteiger partial charge in [0.25, 0.3) is 6.26 Å². The number of fused-ring (bicyclic) bond motifs is 1. The Bertz CT molecular complexity index is 1630. The molecule has 0 radical (unpaired) electrons. The van der Waals surface area contributed by atoms with E-state index in [1.807, 2.05) is 20.0 Å². The molecule has 4 aromatic rings. The molecule has 6 nitrogen and oxygen atoms in total. The summed E-state index contributed by atoms with van der Waals surface area (Å²) in [6, 6.07) is 22.1. The van der Waals surface area contributed by atoms with Gasteiger partial charge >= 0.3 is 0 Å². The summed E-state index contributed by atoms with van der Waals surface area (Å²) in [4.78, 5) is 4.95. The molecule has 0 atom stereocenters. The maximum absolute atomic E-state index is 7.70. The zero-order valence-corrected chi connectivity index (χ0v) is 30.0. The second-order valence-electron chi connectivity index (χ2n) is 10.3. The number of allylic oxidation sites excluding steroid dienone is 4. The van der Waals surface area contributed by atoms with Gasteiger partial charge in [-0.25, -0.2) is 4.98 Å². The summed E-state index contributed by atoms with van der Waals surface area (Å²) in [5.74, 6) is 3.97. The minimum absolute atomic E-state index is 0.733. The number of likely N-dealkylation sites (N-methyl/N-ethyl adjacent to an activating group) is 1. The average Bonchev–Trinajstić information content (AvgIpc) is 3.43. The third-order valence-electron chi connectivity index (χ3n) is 6.71. The fraction of sp³-hybridized carbons (Fsp3) is 0.300. The van der Waals surface area contributed by atoms with E-state index in [4.69, 9.17) is 16.0 Å². The van der Waals surface area contributed by atoms with Gasteiger partial charge in [-0.1, -0.05) is 98.3 Å². The zero-order valence-electron chi connectivity index (χ0n) is 29.1. The molecule has 3 N–H and O–H groups in total. The number of hydrogen-bond acceptors (Lipinski definition) is 6. The number of aryl methyl sites for hydroxylation is 2. The van der Waals surface area contributed by atoms with Gasteiger partial charge in [0.2, 0.25) is 0 Å². The quantitative estimate of drug-likeness (QED) is 0.0553. The van der Waals surface area contributed by atoms with Gasteiger partial charge in [-0.2, -0.15) is 0 Å². The lowest BCUT2D eigenvalue weighted by atomic mass is 9.93. The normalized spacial score (nSPS) is 10.4. The number of aromatic nitrogens is 2. The van der Waals surface area contributed by atoms with Gasteiger partial charge in [-0.15, -0.1) is 17.6 Å². The maximum atomic E-state index is 7.70. The van der Waals surface area contributed by atoms with Gasteiger partial charge in [0.15, 0.2) is 0 Å². The highest BCUT2D eigenvalue weighted by molar-refractivity contribution is 7.94. The minimum atomic E-state index is 0.733. The van der Waals surface area contributed by atoms with Crippen LogP contribution in [0, 0.1) is 37.7 Å². The summed E-state index contributed by atoms with van der Waals surface area (Å²) >= 11 is 1.15. The molecule has 7 heteroatoms. The molecule has 0 fully saturated rings. The van der Waals surface area contributed by atoms with Crippen molar-refractivity contribution in [2.45, 2.75) is 54.5 Å². The summed E-state index contributed by atoms with van der Waals surface area (Å²) < 4.78 is 6.48. The molecule has 3 aromatic carbocycles. The molecule has 0 unspecified atom stereocenters. The fourth-order valence-corrected chi connectivity index (χ4v) is 4.55. The van der Waals surface area contributed by atoms with Crippen LogP contribution in [0.2, 0.25) is 0 Å². The third-order valence-corrected chi connectivity index (χ3v) is 7.14. The molecule has 0 aliphatic heterocycles. The number of nitrogens with two attached hydrogens (primary N) is 1. The molecule has 0 saturated heterocycles. The van der Waals surface area contributed by atoms with Crippen molar-refractivity contribution in [3.63, 3.8) is 0 Å². The van der Waals surface area contributed by atoms with Gasteiger partial charge in [0.1, 0.15) is 5.82 Å². The Labute approximate surface area is 287 Å². The number of hydrogen-bond donors (Lipinski definition) is 2. The lowest BCUT2D eigenvalue weighted by molar-refractivity contribution is 0.595. The first-order valence-corrected chi connectivity index (χ1v) is 16.7. The van der Waals surface area contributed by atoms with Gasteiger partial charge in [-0.05, 0) is 87.2 Å². The molecule has 0 bridgehead atoms. The van der Waals surface area contributed by atoms with Crippen LogP contribution in [0.15, 0.2) is 91.0 Å². The SMILES string of the molecule is C#CC.C=Cc1nc2cc(-c3ccc(C)cc3)c(-c3ccc(C)cc3)cc2n1CC(/C=C\CC)=C/C.CCSOC#N.CNCCN. The van der Waals surface area contributed by atoms with E-state index in [1.165, 1.54) is 45.2 Å². The summed E-state index contributed by atoms with van der Waals surface area (Å²) in [6.45, 7) is 18.5. The van der Waals surface area contributed by atoms with Crippen molar-refractivity contribution < 1.29 is 4.18 Å². The van der Waals surface area contributed by atoms with Crippen molar-refractivity contribution in [1.29, 1.82) is 5.26 Å². The van der Waals surface area contributed by atoms with Crippen LogP contribution in [-0.4, -0.2) is 35.4 Å². The Kier molecular flexibility index (Phi) is 20.5. The van der Waals surface area contributed by atoms with Gasteiger partial charge < -0.3 is 19.8 Å². The smallest absolute Gasteiger partial charge is 0.299 e. The number of nitrogens with one attached hydrogen (secondary N) is 1. The second kappa shape index (κ2) is 23.8. The molecule has 248 valence electrons. The molecular weight excluding hydrogens is 599 g/mol. The summed E-state index contributed by atoms with van der Waals surface area (Å²) in [6.07, 6.45) is 15.6. The highest BCUT2D eigenvalue weighted by Crippen LogP contribution is 2.36. The Hall–Kier alpha value is -4.53. The summed E-state index contributed by atoms with van der Waals surface area (Å²) in [5, 5.41) is 10.6. The van der Waals surface area contributed by atoms with E-state index < -0.39 is 0 Å².